The van der Waals surface area contributed by atoms with E-state index in [0.717, 1.165) is 0 Å². The summed E-state index contributed by atoms with van der Waals surface area (Å²) < 4.78 is 4.43. The molecule has 0 amide bonds. The second-order valence-corrected chi connectivity index (χ2v) is 1.91. The van der Waals surface area contributed by atoms with E-state index in [0.29, 0.717) is 0 Å². The normalized spacial score (nSPS) is 10.6. The molecule has 0 aromatic heterocycles. The maximum Gasteiger partial charge on any atom is 0.278 e. The van der Waals surface area contributed by atoms with Crippen LogP contribution in [-0.2, 0) is 42.2 Å². The van der Waals surface area contributed by atoms with Gasteiger partial charge in [0.15, 0.2) is 0 Å². The molecule has 0 fully saturated rings. The van der Waals surface area contributed by atoms with Crippen molar-refractivity contribution in [3.8, 4) is 6.07 Å². The fraction of sp³-hybridized carbons (Fsp3) is 0.571. The fourth-order valence-corrected chi connectivity index (χ4v) is 0.512. The molecule has 0 aromatic rings. The fourth-order valence-electron chi connectivity index (χ4n) is 0.512. The molecule has 0 rings (SSSR count). The molecule has 0 saturated carbocycles. The molecule has 0 aromatic carbocycles. The quantitative estimate of drug-likeness (QED) is 0.533. The molecule has 1 atom stereocenters. The molecule has 11 heavy (non-hydrogen) atoms. The second-order valence-electron chi connectivity index (χ2n) is 1.91. The van der Waals surface area contributed by atoms with Crippen LogP contribution >= 0.6 is 0 Å². The number of nitrogens with zero attached hydrogens (tertiary/aromatic N) is 1. The summed E-state index contributed by atoms with van der Waals surface area (Å²) >= 11 is 0. The van der Waals surface area contributed by atoms with Crippen molar-refractivity contribution in [1.82, 2.24) is 0 Å². The Morgan fingerprint density at radius 1 is 1.82 bits per heavy atom. The first-order valence-corrected chi connectivity index (χ1v) is 3.00. The topological polar surface area (TPSA) is 50.1 Å². The number of ether oxygens (including phenoxy) is 1. The van der Waals surface area contributed by atoms with Gasteiger partial charge in [-0.2, -0.15) is 0 Å². The largest absolute Gasteiger partial charge is 0.471 e. The van der Waals surface area contributed by atoms with Crippen LogP contribution in [0.3, 0.4) is 0 Å². The Morgan fingerprint density at radius 2 is 2.36 bits per heavy atom. The minimum Gasteiger partial charge on any atom is -0.471 e. The summed E-state index contributed by atoms with van der Waals surface area (Å²) in [6, 6.07) is 1.91. The Hall–Kier alpha value is 0.0639. The average Bonchev–Trinajstić information content (AvgIpc) is 1.98. The van der Waals surface area contributed by atoms with Crippen molar-refractivity contribution < 1.29 is 42.2 Å². The van der Waals surface area contributed by atoms with E-state index < -0.39 is 0 Å². The van der Waals surface area contributed by atoms with E-state index in [-0.39, 0.29) is 51.0 Å². The zero-order valence-electron chi connectivity index (χ0n) is 6.70. The predicted octanol–water partition coefficient (Wildman–Crippen LogP) is 0.911. The summed E-state index contributed by atoms with van der Waals surface area (Å²) in [5, 5.41) is 8.14. The maximum absolute atomic E-state index is 10.7. The third-order valence-corrected chi connectivity index (χ3v) is 1.14. The predicted molar refractivity (Wildman–Crippen MR) is 35.7 cm³/mol. The van der Waals surface area contributed by atoms with Gasteiger partial charge >= 0.3 is 0 Å². The van der Waals surface area contributed by atoms with Crippen LogP contribution in [0, 0.1) is 23.7 Å². The van der Waals surface area contributed by atoms with Crippen molar-refractivity contribution in [3.63, 3.8) is 0 Å². The van der Waals surface area contributed by atoms with E-state index >= 15 is 0 Å². The Balaban J connectivity index is 0. The van der Waals surface area contributed by atoms with Crippen LogP contribution in [0.4, 0.5) is 0 Å². The van der Waals surface area contributed by atoms with Gasteiger partial charge in [0.1, 0.15) is 0 Å². The molecular formula is C7H10NO2Y-. The van der Waals surface area contributed by atoms with Gasteiger partial charge in [0.2, 0.25) is 0 Å². The van der Waals surface area contributed by atoms with E-state index in [1.165, 1.54) is 7.11 Å². The third kappa shape index (κ3) is 6.46. The number of methoxy groups -OCH3 is 1. The molecule has 0 aliphatic heterocycles. The minimum absolute atomic E-state index is 0. The van der Waals surface area contributed by atoms with Crippen LogP contribution in [0.15, 0.2) is 0 Å². The van der Waals surface area contributed by atoms with Crippen LogP contribution < -0.4 is 0 Å². The molecule has 0 spiro atoms. The molecule has 4 heteroatoms. The first-order chi connectivity index (χ1) is 4.72. The first kappa shape index (κ1) is 13.6. The van der Waals surface area contributed by atoms with Crippen LogP contribution in [0.5, 0.6) is 0 Å². The van der Waals surface area contributed by atoms with Gasteiger partial charge in [0.25, 0.3) is 5.97 Å². The van der Waals surface area contributed by atoms with Gasteiger partial charge in [-0.3, -0.25) is 4.79 Å². The van der Waals surface area contributed by atoms with E-state index in [9.17, 15) is 4.79 Å². The average molecular weight is 229 g/mol. The van der Waals surface area contributed by atoms with Gasteiger partial charge in [-0.15, -0.1) is 0 Å². The number of hydrogen-bond donors (Lipinski definition) is 0. The molecule has 0 N–H and O–H groups in total. The van der Waals surface area contributed by atoms with E-state index in [2.05, 4.69) is 4.74 Å². The van der Waals surface area contributed by atoms with Gasteiger partial charge in [0.05, 0.1) is 7.11 Å². The molecule has 3 nitrogen and oxygen atoms in total. The number of hydrogen-bond acceptors (Lipinski definition) is 3. The molecular weight excluding hydrogens is 219 g/mol. The molecule has 0 saturated heterocycles. The summed E-state index contributed by atoms with van der Waals surface area (Å²) in [5.74, 6) is -0.570. The van der Waals surface area contributed by atoms with Crippen molar-refractivity contribution in [2.75, 3.05) is 7.11 Å². The maximum atomic E-state index is 10.7. The minimum atomic E-state index is -0.296. The zero-order chi connectivity index (χ0) is 7.98. The van der Waals surface area contributed by atoms with Gasteiger partial charge in [0, 0.05) is 38.8 Å². The van der Waals surface area contributed by atoms with Crippen LogP contribution in [0.2, 0.25) is 0 Å². The summed E-state index contributed by atoms with van der Waals surface area (Å²) in [5.41, 5.74) is 0. The van der Waals surface area contributed by atoms with Crippen molar-refractivity contribution in [2.24, 2.45) is 5.92 Å². The van der Waals surface area contributed by atoms with Gasteiger partial charge < -0.3 is 11.2 Å². The Labute approximate surface area is 92.0 Å². The Kier molecular flexibility index (Phi) is 10.1. The molecule has 1 radical (unpaired) electrons. The van der Waals surface area contributed by atoms with Crippen molar-refractivity contribution in [3.05, 3.63) is 6.42 Å². The van der Waals surface area contributed by atoms with Gasteiger partial charge in [-0.05, 0) is 0 Å². The monoisotopic (exact) mass is 229 g/mol. The SMILES string of the molecule is COC(=O)C(C)[CH-]CC#N.[Y]. The number of rotatable bonds is 3. The second kappa shape index (κ2) is 8.16. The van der Waals surface area contributed by atoms with Crippen molar-refractivity contribution in [2.45, 2.75) is 13.3 Å². The summed E-state index contributed by atoms with van der Waals surface area (Å²) in [7, 11) is 1.33. The molecule has 1 unspecified atom stereocenters. The van der Waals surface area contributed by atoms with E-state index in [4.69, 9.17) is 5.26 Å². The van der Waals surface area contributed by atoms with Crippen LogP contribution in [-0.4, -0.2) is 13.1 Å². The molecule has 0 aliphatic rings. The third-order valence-electron chi connectivity index (χ3n) is 1.14. The van der Waals surface area contributed by atoms with Crippen LogP contribution in [0.25, 0.3) is 0 Å². The van der Waals surface area contributed by atoms with Crippen LogP contribution in [0.1, 0.15) is 13.3 Å². The smallest absolute Gasteiger partial charge is 0.278 e. The molecule has 0 aliphatic carbocycles. The van der Waals surface area contributed by atoms with E-state index in [1.807, 2.05) is 6.07 Å². The number of carbonyl (C=O) groups is 1. The number of carbonyl (C=O) groups excluding carboxylic acids is 1. The summed E-state index contributed by atoms with van der Waals surface area (Å²) in [4.78, 5) is 10.7. The number of esters is 1. The van der Waals surface area contributed by atoms with Crippen molar-refractivity contribution >= 4 is 5.97 Å². The summed E-state index contributed by atoms with van der Waals surface area (Å²) in [6.07, 6.45) is 1.90. The van der Waals surface area contributed by atoms with Gasteiger partial charge in [-0.25, -0.2) is 5.26 Å². The zero-order valence-corrected chi connectivity index (χ0v) is 9.54. The van der Waals surface area contributed by atoms with Gasteiger partial charge in [-0.1, -0.05) is 19.3 Å². The molecule has 59 valence electrons. The molecule has 0 bridgehead atoms. The molecule has 0 heterocycles. The number of nitriles is 1. The Morgan fingerprint density at radius 3 is 2.73 bits per heavy atom. The Bertz CT molecular complexity index is 153. The van der Waals surface area contributed by atoms with E-state index in [1.54, 1.807) is 13.3 Å². The first-order valence-electron chi connectivity index (χ1n) is 3.00. The standard InChI is InChI=1S/C7H10NO2.Y/c1-6(4-3-5-8)7(9)10-2;/h4,6H,3H2,1-2H3;/q-1;. The summed E-state index contributed by atoms with van der Waals surface area (Å²) in [6.45, 7) is 1.70. The van der Waals surface area contributed by atoms with Crippen molar-refractivity contribution in [1.29, 1.82) is 5.26 Å².